The molecule has 0 heterocycles. The van der Waals surface area contributed by atoms with Crippen LogP contribution < -0.4 is 4.90 Å². The van der Waals surface area contributed by atoms with Crippen LogP contribution in [0, 0.1) is 5.82 Å². The summed E-state index contributed by atoms with van der Waals surface area (Å²) in [4.78, 5) is 13.3. The molecule has 3 nitrogen and oxygen atoms in total. The van der Waals surface area contributed by atoms with E-state index in [4.69, 9.17) is 0 Å². The molecule has 0 saturated heterocycles. The third kappa shape index (κ3) is 2.82. The molecule has 0 aromatic heterocycles. The van der Waals surface area contributed by atoms with Gasteiger partial charge in [0.15, 0.2) is 5.78 Å². The second-order valence-electron chi connectivity index (χ2n) is 4.75. The third-order valence-corrected chi connectivity index (χ3v) is 2.99. The van der Waals surface area contributed by atoms with Gasteiger partial charge in [0.05, 0.1) is 12.1 Å². The first-order valence-electron chi connectivity index (χ1n) is 5.45. The van der Waals surface area contributed by atoms with Gasteiger partial charge >= 0.3 is 0 Å². The minimum atomic E-state index is -0.512. The van der Waals surface area contributed by atoms with Crippen LogP contribution in [0.15, 0.2) is 18.2 Å². The summed E-state index contributed by atoms with van der Waals surface area (Å²) >= 11 is 0. The van der Waals surface area contributed by atoms with Crippen molar-refractivity contribution in [3.8, 4) is 0 Å². The van der Waals surface area contributed by atoms with Crippen molar-refractivity contribution in [3.05, 3.63) is 29.6 Å². The Labute approximate surface area is 101 Å². The second kappa shape index (κ2) is 4.84. The monoisotopic (exact) mass is 239 g/mol. The van der Waals surface area contributed by atoms with E-state index in [9.17, 15) is 14.3 Å². The number of halogens is 1. The molecule has 17 heavy (non-hydrogen) atoms. The SMILES string of the molecule is CC(=O)c1cc(F)ccc1N(C)C(C)(C)CO. The van der Waals surface area contributed by atoms with Gasteiger partial charge in [-0.25, -0.2) is 4.39 Å². The molecule has 0 unspecified atom stereocenters. The molecule has 1 N–H and O–H groups in total. The minimum Gasteiger partial charge on any atom is -0.394 e. The minimum absolute atomic E-state index is 0.0573. The summed E-state index contributed by atoms with van der Waals surface area (Å²) in [6.45, 7) is 5.04. The number of benzene rings is 1. The number of carbonyl (C=O) groups is 1. The predicted octanol–water partition coefficient (Wildman–Crippen LogP) is 2.24. The number of anilines is 1. The van der Waals surface area contributed by atoms with E-state index in [0.29, 0.717) is 11.3 Å². The lowest BCUT2D eigenvalue weighted by Crippen LogP contribution is -2.45. The maximum Gasteiger partial charge on any atom is 0.161 e. The van der Waals surface area contributed by atoms with Crippen LogP contribution in [0.1, 0.15) is 31.1 Å². The highest BCUT2D eigenvalue weighted by molar-refractivity contribution is 5.99. The van der Waals surface area contributed by atoms with E-state index in [1.165, 1.54) is 19.1 Å². The Bertz CT molecular complexity index is 429. The number of ketones is 1. The van der Waals surface area contributed by atoms with E-state index >= 15 is 0 Å². The van der Waals surface area contributed by atoms with E-state index in [1.54, 1.807) is 18.0 Å². The van der Waals surface area contributed by atoms with E-state index in [1.807, 2.05) is 13.8 Å². The zero-order chi connectivity index (χ0) is 13.2. The first-order valence-corrected chi connectivity index (χ1v) is 5.45. The number of rotatable bonds is 4. The Hall–Kier alpha value is -1.42. The number of carbonyl (C=O) groups excluding carboxylic acids is 1. The molecule has 0 aliphatic rings. The molecule has 0 radical (unpaired) electrons. The van der Waals surface area contributed by atoms with E-state index in [-0.39, 0.29) is 12.4 Å². The van der Waals surface area contributed by atoms with Crippen molar-refractivity contribution in [1.29, 1.82) is 0 Å². The van der Waals surface area contributed by atoms with Gasteiger partial charge in [0.2, 0.25) is 0 Å². The summed E-state index contributed by atoms with van der Waals surface area (Å²) in [5.74, 6) is -0.630. The number of hydrogen-bond acceptors (Lipinski definition) is 3. The van der Waals surface area contributed by atoms with Crippen LogP contribution in [0.25, 0.3) is 0 Å². The average molecular weight is 239 g/mol. The number of aliphatic hydroxyl groups is 1. The van der Waals surface area contributed by atoms with Crippen molar-refractivity contribution >= 4 is 11.5 Å². The highest BCUT2D eigenvalue weighted by atomic mass is 19.1. The van der Waals surface area contributed by atoms with Crippen LogP contribution >= 0.6 is 0 Å². The Morgan fingerprint density at radius 3 is 2.53 bits per heavy atom. The van der Waals surface area contributed by atoms with Gasteiger partial charge in [-0.1, -0.05) is 0 Å². The molecule has 4 heteroatoms. The molecule has 1 aromatic carbocycles. The second-order valence-corrected chi connectivity index (χ2v) is 4.75. The van der Waals surface area contributed by atoms with Crippen LogP contribution in [0.4, 0.5) is 10.1 Å². The first kappa shape index (κ1) is 13.6. The summed E-state index contributed by atoms with van der Waals surface area (Å²) in [5, 5.41) is 9.31. The predicted molar refractivity (Wildman–Crippen MR) is 66.0 cm³/mol. The highest BCUT2D eigenvalue weighted by Crippen LogP contribution is 2.27. The van der Waals surface area contributed by atoms with Crippen molar-refractivity contribution in [3.63, 3.8) is 0 Å². The zero-order valence-corrected chi connectivity index (χ0v) is 10.6. The molecule has 0 aliphatic heterocycles. The molecular formula is C13H18FNO2. The molecule has 0 bridgehead atoms. The smallest absolute Gasteiger partial charge is 0.161 e. The standard InChI is InChI=1S/C13H18FNO2/c1-9(17)11-7-10(14)5-6-12(11)15(4)13(2,3)8-16/h5-7,16H,8H2,1-4H3. The highest BCUT2D eigenvalue weighted by Gasteiger charge is 2.25. The molecule has 94 valence electrons. The Kier molecular flexibility index (Phi) is 3.88. The molecule has 0 aliphatic carbocycles. The molecule has 1 aromatic rings. The summed E-state index contributed by atoms with van der Waals surface area (Å²) in [6, 6.07) is 4.09. The number of Topliss-reactive ketones (excluding diaryl/α,β-unsaturated/α-hetero) is 1. The van der Waals surface area contributed by atoms with Gasteiger partial charge in [0, 0.05) is 18.3 Å². The van der Waals surface area contributed by atoms with Crippen LogP contribution in [0.2, 0.25) is 0 Å². The molecular weight excluding hydrogens is 221 g/mol. The number of hydrogen-bond donors (Lipinski definition) is 1. The molecule has 0 amide bonds. The molecule has 0 spiro atoms. The number of likely N-dealkylation sites (N-methyl/N-ethyl adjacent to an activating group) is 1. The van der Waals surface area contributed by atoms with Gasteiger partial charge in [0.25, 0.3) is 0 Å². The van der Waals surface area contributed by atoms with Crippen LogP contribution in [-0.4, -0.2) is 30.1 Å². The third-order valence-electron chi connectivity index (χ3n) is 2.99. The fourth-order valence-corrected chi connectivity index (χ4v) is 1.51. The van der Waals surface area contributed by atoms with Gasteiger partial charge < -0.3 is 10.0 Å². The maximum atomic E-state index is 13.1. The van der Waals surface area contributed by atoms with E-state index in [0.717, 1.165) is 0 Å². The topological polar surface area (TPSA) is 40.5 Å². The van der Waals surface area contributed by atoms with Gasteiger partial charge in [-0.15, -0.1) is 0 Å². The largest absolute Gasteiger partial charge is 0.394 e. The quantitative estimate of drug-likeness (QED) is 0.819. The fourth-order valence-electron chi connectivity index (χ4n) is 1.51. The summed E-state index contributed by atoms with van der Waals surface area (Å²) in [7, 11) is 1.77. The van der Waals surface area contributed by atoms with Gasteiger partial charge in [-0.3, -0.25) is 4.79 Å². The van der Waals surface area contributed by atoms with Crippen molar-refractivity contribution < 1.29 is 14.3 Å². The average Bonchev–Trinajstić information content (AvgIpc) is 2.28. The van der Waals surface area contributed by atoms with Gasteiger partial charge in [-0.2, -0.15) is 0 Å². The lowest BCUT2D eigenvalue weighted by atomic mass is 10.0. The van der Waals surface area contributed by atoms with E-state index in [2.05, 4.69) is 0 Å². The summed E-state index contributed by atoms with van der Waals surface area (Å²) in [5.41, 5.74) is 0.439. The fraction of sp³-hybridized carbons (Fsp3) is 0.462. The number of nitrogens with zero attached hydrogens (tertiary/aromatic N) is 1. The normalized spacial score (nSPS) is 11.4. The number of aliphatic hydroxyl groups excluding tert-OH is 1. The first-order chi connectivity index (χ1) is 7.79. The Balaban J connectivity index is 3.26. The molecule has 0 fully saturated rings. The van der Waals surface area contributed by atoms with Crippen molar-refractivity contribution in [2.75, 3.05) is 18.6 Å². The van der Waals surface area contributed by atoms with Crippen LogP contribution in [0.3, 0.4) is 0 Å². The van der Waals surface area contributed by atoms with Gasteiger partial charge in [0.1, 0.15) is 5.82 Å². The van der Waals surface area contributed by atoms with Crippen LogP contribution in [-0.2, 0) is 0 Å². The Morgan fingerprint density at radius 2 is 2.06 bits per heavy atom. The lowest BCUT2D eigenvalue weighted by molar-refractivity contribution is 0.101. The Morgan fingerprint density at radius 1 is 1.47 bits per heavy atom. The molecule has 1 rings (SSSR count). The maximum absolute atomic E-state index is 13.1. The molecule has 0 saturated carbocycles. The summed E-state index contributed by atoms with van der Waals surface area (Å²) in [6.07, 6.45) is 0. The van der Waals surface area contributed by atoms with Crippen molar-refractivity contribution in [2.45, 2.75) is 26.3 Å². The zero-order valence-electron chi connectivity index (χ0n) is 10.6. The summed E-state index contributed by atoms with van der Waals surface area (Å²) < 4.78 is 13.1. The van der Waals surface area contributed by atoms with E-state index < -0.39 is 11.4 Å². The van der Waals surface area contributed by atoms with Crippen molar-refractivity contribution in [2.24, 2.45) is 0 Å². The lowest BCUT2D eigenvalue weighted by Gasteiger charge is -2.36. The van der Waals surface area contributed by atoms with Gasteiger partial charge in [-0.05, 0) is 39.0 Å². The van der Waals surface area contributed by atoms with Crippen LogP contribution in [0.5, 0.6) is 0 Å². The van der Waals surface area contributed by atoms with Crippen molar-refractivity contribution in [1.82, 2.24) is 0 Å². The molecule has 0 atom stereocenters.